The van der Waals surface area contributed by atoms with E-state index in [4.69, 9.17) is 16.9 Å². The Bertz CT molecular complexity index is 1470. The molecule has 0 bridgehead atoms. The first kappa shape index (κ1) is 26.1. The fraction of sp³-hybridized carbons (Fsp3) is 0.231. The molecule has 4 rings (SSSR count). The standard InChI is InChI=1S/C26H24ClN5O4S/c1-18-23(27)4-2-5-24(18)32(37(35,36)22-11-7-19(14-28)8-12-22)17-25(33)30-15-20-9-10-21(16-29-20)31-13-3-6-26(31)34/h2,4-5,7-12,16H,3,6,13,15,17H2,1H3,(H,30,33). The molecule has 190 valence electrons. The van der Waals surface area contributed by atoms with Gasteiger partial charge in [-0.25, -0.2) is 8.42 Å². The fourth-order valence-corrected chi connectivity index (χ4v) is 5.62. The smallest absolute Gasteiger partial charge is 0.264 e. The average molecular weight is 538 g/mol. The van der Waals surface area contributed by atoms with Crippen molar-refractivity contribution in [2.45, 2.75) is 31.2 Å². The van der Waals surface area contributed by atoms with Crippen molar-refractivity contribution in [3.63, 3.8) is 0 Å². The molecule has 0 radical (unpaired) electrons. The van der Waals surface area contributed by atoms with E-state index in [-0.39, 0.29) is 23.0 Å². The number of rotatable bonds is 8. The van der Waals surface area contributed by atoms with Crippen LogP contribution in [0, 0.1) is 18.3 Å². The van der Waals surface area contributed by atoms with Gasteiger partial charge in [0, 0.05) is 18.0 Å². The zero-order valence-corrected chi connectivity index (χ0v) is 21.6. The minimum atomic E-state index is -4.17. The van der Waals surface area contributed by atoms with Gasteiger partial charge in [0.15, 0.2) is 0 Å². The van der Waals surface area contributed by atoms with E-state index in [2.05, 4.69) is 10.3 Å². The minimum absolute atomic E-state index is 0.0581. The molecule has 9 nitrogen and oxygen atoms in total. The lowest BCUT2D eigenvalue weighted by Crippen LogP contribution is -2.41. The summed E-state index contributed by atoms with van der Waals surface area (Å²) < 4.78 is 28.1. The summed E-state index contributed by atoms with van der Waals surface area (Å²) in [6, 6.07) is 15.7. The molecule has 0 unspecified atom stereocenters. The van der Waals surface area contributed by atoms with Crippen LogP contribution in [0.2, 0.25) is 5.02 Å². The first-order chi connectivity index (χ1) is 17.7. The Morgan fingerprint density at radius 1 is 1.19 bits per heavy atom. The number of halogens is 1. The molecule has 11 heteroatoms. The quantitative estimate of drug-likeness (QED) is 0.468. The Hall–Kier alpha value is -3.94. The third kappa shape index (κ3) is 5.74. The molecule has 0 atom stereocenters. The van der Waals surface area contributed by atoms with Gasteiger partial charge in [0.25, 0.3) is 10.0 Å². The highest BCUT2D eigenvalue weighted by Gasteiger charge is 2.29. The molecular formula is C26H24ClN5O4S. The number of pyridine rings is 1. The van der Waals surface area contributed by atoms with Crippen molar-refractivity contribution in [3.8, 4) is 6.07 Å². The Kier molecular flexibility index (Phi) is 7.76. The number of aromatic nitrogens is 1. The van der Waals surface area contributed by atoms with Crippen LogP contribution in [0.4, 0.5) is 11.4 Å². The number of nitrogens with one attached hydrogen (secondary N) is 1. The average Bonchev–Trinajstić information content (AvgIpc) is 3.34. The summed E-state index contributed by atoms with van der Waals surface area (Å²) in [5, 5.41) is 12.1. The number of carbonyl (C=O) groups is 2. The summed E-state index contributed by atoms with van der Waals surface area (Å²) in [5.41, 5.74) is 2.35. The summed E-state index contributed by atoms with van der Waals surface area (Å²) in [7, 11) is -4.17. The largest absolute Gasteiger partial charge is 0.349 e. The highest BCUT2D eigenvalue weighted by molar-refractivity contribution is 7.92. The van der Waals surface area contributed by atoms with Gasteiger partial charge in [0.05, 0.1) is 46.3 Å². The number of sulfonamides is 1. The molecule has 1 saturated heterocycles. The van der Waals surface area contributed by atoms with Crippen LogP contribution in [0.25, 0.3) is 0 Å². The highest BCUT2D eigenvalue weighted by atomic mass is 35.5. The van der Waals surface area contributed by atoms with Gasteiger partial charge in [-0.2, -0.15) is 5.26 Å². The lowest BCUT2D eigenvalue weighted by Gasteiger charge is -2.26. The molecule has 0 aliphatic carbocycles. The minimum Gasteiger partial charge on any atom is -0.349 e. The second-order valence-corrected chi connectivity index (χ2v) is 10.7. The predicted molar refractivity (Wildman–Crippen MR) is 140 cm³/mol. The summed E-state index contributed by atoms with van der Waals surface area (Å²) in [4.78, 5) is 30.8. The zero-order chi connectivity index (χ0) is 26.6. The molecule has 2 aromatic carbocycles. The number of nitrogens with zero attached hydrogens (tertiary/aromatic N) is 4. The second kappa shape index (κ2) is 11.0. The molecule has 1 aliphatic heterocycles. The van der Waals surface area contributed by atoms with Crippen LogP contribution in [0.1, 0.15) is 29.7 Å². The Balaban J connectivity index is 1.53. The molecule has 1 fully saturated rings. The van der Waals surface area contributed by atoms with Gasteiger partial charge in [-0.05, 0) is 67.4 Å². The van der Waals surface area contributed by atoms with Gasteiger partial charge < -0.3 is 10.2 Å². The van der Waals surface area contributed by atoms with E-state index in [0.717, 1.165) is 10.7 Å². The maximum absolute atomic E-state index is 13.6. The molecule has 37 heavy (non-hydrogen) atoms. The van der Waals surface area contributed by atoms with Crippen molar-refractivity contribution in [3.05, 3.63) is 82.6 Å². The van der Waals surface area contributed by atoms with Crippen molar-refractivity contribution < 1.29 is 18.0 Å². The second-order valence-electron chi connectivity index (χ2n) is 8.47. The van der Waals surface area contributed by atoms with Gasteiger partial charge in [-0.1, -0.05) is 17.7 Å². The van der Waals surface area contributed by atoms with Crippen LogP contribution >= 0.6 is 11.6 Å². The van der Waals surface area contributed by atoms with E-state index in [1.54, 1.807) is 48.4 Å². The SMILES string of the molecule is Cc1c(Cl)cccc1N(CC(=O)NCc1ccc(N2CCCC2=O)cn1)S(=O)(=O)c1ccc(C#N)cc1. The fourth-order valence-electron chi connectivity index (χ4n) is 3.97. The van der Waals surface area contributed by atoms with E-state index < -0.39 is 22.5 Å². The third-order valence-corrected chi connectivity index (χ3v) is 8.21. The number of amides is 2. The number of nitriles is 1. The van der Waals surface area contributed by atoms with Crippen LogP contribution in [-0.4, -0.2) is 38.3 Å². The summed E-state index contributed by atoms with van der Waals surface area (Å²) in [5.74, 6) is -0.486. The van der Waals surface area contributed by atoms with Crippen LogP contribution in [0.3, 0.4) is 0 Å². The molecule has 1 aromatic heterocycles. The van der Waals surface area contributed by atoms with Crippen molar-refractivity contribution in [2.24, 2.45) is 0 Å². The maximum Gasteiger partial charge on any atom is 0.264 e. The Labute approximate surface area is 220 Å². The molecule has 3 aromatic rings. The molecule has 1 N–H and O–H groups in total. The van der Waals surface area contributed by atoms with Crippen molar-refractivity contribution in [2.75, 3.05) is 22.3 Å². The molecule has 1 aliphatic rings. The van der Waals surface area contributed by atoms with Crippen molar-refractivity contribution in [1.29, 1.82) is 5.26 Å². The molecule has 2 amide bonds. The first-order valence-electron chi connectivity index (χ1n) is 11.5. The molecule has 0 saturated carbocycles. The van der Waals surface area contributed by atoms with E-state index in [1.807, 2.05) is 6.07 Å². The topological polar surface area (TPSA) is 123 Å². The first-order valence-corrected chi connectivity index (χ1v) is 13.3. The Morgan fingerprint density at radius 3 is 2.57 bits per heavy atom. The number of benzene rings is 2. The van der Waals surface area contributed by atoms with Crippen LogP contribution in [0.15, 0.2) is 65.7 Å². The van der Waals surface area contributed by atoms with E-state index in [9.17, 15) is 18.0 Å². The zero-order valence-electron chi connectivity index (χ0n) is 20.0. The normalized spacial score (nSPS) is 13.3. The molecular weight excluding hydrogens is 514 g/mol. The summed E-state index contributed by atoms with van der Waals surface area (Å²) in [6.45, 7) is 1.91. The maximum atomic E-state index is 13.6. The van der Waals surface area contributed by atoms with Gasteiger partial charge in [-0.3, -0.25) is 18.9 Å². The van der Waals surface area contributed by atoms with E-state index in [1.165, 1.54) is 24.3 Å². The van der Waals surface area contributed by atoms with Crippen LogP contribution in [-0.2, 0) is 26.2 Å². The highest BCUT2D eigenvalue weighted by Crippen LogP contribution is 2.31. The third-order valence-electron chi connectivity index (χ3n) is 6.03. The van der Waals surface area contributed by atoms with E-state index in [0.29, 0.717) is 40.5 Å². The van der Waals surface area contributed by atoms with Gasteiger partial charge >= 0.3 is 0 Å². The van der Waals surface area contributed by atoms with Crippen molar-refractivity contribution in [1.82, 2.24) is 10.3 Å². The molecule has 0 spiro atoms. The number of hydrogen-bond donors (Lipinski definition) is 1. The molecule has 2 heterocycles. The number of carbonyl (C=O) groups excluding carboxylic acids is 2. The Morgan fingerprint density at radius 2 is 1.95 bits per heavy atom. The predicted octanol–water partition coefficient (Wildman–Crippen LogP) is 3.55. The van der Waals surface area contributed by atoms with Gasteiger partial charge in [0.1, 0.15) is 6.54 Å². The van der Waals surface area contributed by atoms with Gasteiger partial charge in [0.2, 0.25) is 11.8 Å². The summed E-state index contributed by atoms with van der Waals surface area (Å²) in [6.07, 6.45) is 2.91. The number of anilines is 2. The van der Waals surface area contributed by atoms with Crippen molar-refractivity contribution >= 4 is 44.8 Å². The monoisotopic (exact) mass is 537 g/mol. The van der Waals surface area contributed by atoms with E-state index >= 15 is 0 Å². The van der Waals surface area contributed by atoms with Gasteiger partial charge in [-0.15, -0.1) is 0 Å². The summed E-state index contributed by atoms with van der Waals surface area (Å²) >= 11 is 6.25. The number of hydrogen-bond acceptors (Lipinski definition) is 6. The lowest BCUT2D eigenvalue weighted by atomic mass is 10.2. The lowest BCUT2D eigenvalue weighted by molar-refractivity contribution is -0.120. The van der Waals surface area contributed by atoms with Crippen LogP contribution in [0.5, 0.6) is 0 Å². The van der Waals surface area contributed by atoms with Crippen LogP contribution < -0.4 is 14.5 Å².